The third-order valence-corrected chi connectivity index (χ3v) is 1.82. The molecule has 1 atom stereocenters. The number of rotatable bonds is 3. The van der Waals surface area contributed by atoms with Gasteiger partial charge in [0.25, 0.3) is 0 Å². The average Bonchev–Trinajstić information content (AvgIpc) is 2.06. The molecular formula is C7H14ClNO4. The van der Waals surface area contributed by atoms with Gasteiger partial charge in [-0.1, -0.05) is 0 Å². The minimum atomic E-state index is -1.27. The van der Waals surface area contributed by atoms with Gasteiger partial charge in [-0.3, -0.25) is 4.90 Å². The van der Waals surface area contributed by atoms with Gasteiger partial charge < -0.3 is 14.9 Å². The quantitative estimate of drug-likeness (QED) is 0.639. The number of nitrogens with zero attached hydrogens (tertiary/aromatic N) is 1. The number of carboxylic acid groups (broad SMARTS) is 1. The van der Waals surface area contributed by atoms with Crippen molar-refractivity contribution in [2.75, 3.05) is 32.8 Å². The van der Waals surface area contributed by atoms with Crippen molar-refractivity contribution in [1.82, 2.24) is 4.90 Å². The molecule has 1 rings (SSSR count). The molecule has 6 heteroatoms. The molecule has 1 unspecified atom stereocenters. The van der Waals surface area contributed by atoms with E-state index < -0.39 is 12.1 Å². The highest BCUT2D eigenvalue weighted by Crippen LogP contribution is 1.98. The molecule has 0 aliphatic carbocycles. The number of aliphatic hydroxyl groups is 1. The van der Waals surface area contributed by atoms with E-state index in [4.69, 9.17) is 14.9 Å². The number of carbonyl (C=O) groups is 1. The lowest BCUT2D eigenvalue weighted by Crippen LogP contribution is -2.43. The zero-order valence-electron chi connectivity index (χ0n) is 7.18. The number of hydrogen-bond acceptors (Lipinski definition) is 4. The zero-order valence-corrected chi connectivity index (χ0v) is 8.00. The Bertz CT molecular complexity index is 161. The fraction of sp³-hybridized carbons (Fsp3) is 0.857. The monoisotopic (exact) mass is 211 g/mol. The van der Waals surface area contributed by atoms with Crippen LogP contribution in [0.25, 0.3) is 0 Å². The van der Waals surface area contributed by atoms with Crippen LogP contribution in [0.15, 0.2) is 0 Å². The smallest absolute Gasteiger partial charge is 0.333 e. The Labute approximate surface area is 82.7 Å². The van der Waals surface area contributed by atoms with E-state index in [0.29, 0.717) is 26.3 Å². The summed E-state index contributed by atoms with van der Waals surface area (Å²) in [5.74, 6) is -1.17. The molecule has 0 spiro atoms. The Hall–Kier alpha value is -0.360. The maximum atomic E-state index is 10.3. The number of β-amino-alcohol motifs (C(OH)–C–C–N with tert-alkyl or cyclic N) is 1. The molecule has 1 heterocycles. The molecular weight excluding hydrogens is 198 g/mol. The van der Waals surface area contributed by atoms with E-state index >= 15 is 0 Å². The molecule has 1 saturated heterocycles. The van der Waals surface area contributed by atoms with Gasteiger partial charge in [-0.25, -0.2) is 4.79 Å². The van der Waals surface area contributed by atoms with Crippen molar-refractivity contribution in [3.05, 3.63) is 0 Å². The lowest BCUT2D eigenvalue weighted by Gasteiger charge is -2.27. The minimum Gasteiger partial charge on any atom is -0.479 e. The Kier molecular flexibility index (Phi) is 5.98. The standard InChI is InChI=1S/C7H13NO4.ClH/c9-6(7(10)11)5-8-1-3-12-4-2-8;/h6,9H,1-5H2,(H,10,11);1H. The molecule has 5 nitrogen and oxygen atoms in total. The summed E-state index contributed by atoms with van der Waals surface area (Å²) in [6, 6.07) is 0. The first-order chi connectivity index (χ1) is 5.70. The fourth-order valence-corrected chi connectivity index (χ4v) is 1.11. The minimum absolute atomic E-state index is 0. The summed E-state index contributed by atoms with van der Waals surface area (Å²) in [5.41, 5.74) is 0. The summed E-state index contributed by atoms with van der Waals surface area (Å²) in [6.07, 6.45) is -1.27. The van der Waals surface area contributed by atoms with Gasteiger partial charge in [-0.2, -0.15) is 0 Å². The molecule has 0 aromatic carbocycles. The second-order valence-corrected chi connectivity index (χ2v) is 2.77. The second-order valence-electron chi connectivity index (χ2n) is 2.77. The lowest BCUT2D eigenvalue weighted by molar-refractivity contribution is -0.148. The SMILES string of the molecule is Cl.O=C(O)C(O)CN1CCOCC1. The zero-order chi connectivity index (χ0) is 8.97. The van der Waals surface area contributed by atoms with Crippen LogP contribution in [0, 0.1) is 0 Å². The van der Waals surface area contributed by atoms with E-state index in [1.807, 2.05) is 4.90 Å². The highest BCUT2D eigenvalue weighted by molar-refractivity contribution is 5.85. The van der Waals surface area contributed by atoms with Crippen LogP contribution in [0.3, 0.4) is 0 Å². The molecule has 1 aliphatic heterocycles. The predicted molar refractivity (Wildman–Crippen MR) is 48.1 cm³/mol. The first-order valence-corrected chi connectivity index (χ1v) is 3.91. The van der Waals surface area contributed by atoms with Gasteiger partial charge in [0.05, 0.1) is 13.2 Å². The Balaban J connectivity index is 0.00000144. The van der Waals surface area contributed by atoms with Gasteiger partial charge in [0, 0.05) is 19.6 Å². The molecule has 1 fully saturated rings. The second kappa shape index (κ2) is 6.15. The Morgan fingerprint density at radius 2 is 2.00 bits per heavy atom. The van der Waals surface area contributed by atoms with E-state index in [1.165, 1.54) is 0 Å². The number of halogens is 1. The number of hydrogen-bond donors (Lipinski definition) is 2. The topological polar surface area (TPSA) is 70.0 Å². The highest BCUT2D eigenvalue weighted by Gasteiger charge is 2.19. The van der Waals surface area contributed by atoms with Gasteiger partial charge >= 0.3 is 5.97 Å². The fourth-order valence-electron chi connectivity index (χ4n) is 1.11. The van der Waals surface area contributed by atoms with Crippen molar-refractivity contribution in [2.24, 2.45) is 0 Å². The van der Waals surface area contributed by atoms with Crippen LogP contribution in [-0.2, 0) is 9.53 Å². The number of aliphatic carboxylic acids is 1. The average molecular weight is 212 g/mol. The predicted octanol–water partition coefficient (Wildman–Crippen LogP) is -0.814. The van der Waals surface area contributed by atoms with E-state index in [0.717, 1.165) is 0 Å². The summed E-state index contributed by atoms with van der Waals surface area (Å²) in [6.45, 7) is 2.83. The molecule has 0 aromatic rings. The molecule has 1 aliphatic rings. The van der Waals surface area contributed by atoms with Crippen LogP contribution in [0.4, 0.5) is 0 Å². The van der Waals surface area contributed by atoms with Crippen LogP contribution >= 0.6 is 12.4 Å². The van der Waals surface area contributed by atoms with Crippen LogP contribution in [0.1, 0.15) is 0 Å². The van der Waals surface area contributed by atoms with Crippen molar-refractivity contribution in [3.8, 4) is 0 Å². The number of morpholine rings is 1. The molecule has 13 heavy (non-hydrogen) atoms. The molecule has 2 N–H and O–H groups in total. The van der Waals surface area contributed by atoms with E-state index in [1.54, 1.807) is 0 Å². The molecule has 0 amide bonds. The molecule has 0 bridgehead atoms. The Morgan fingerprint density at radius 3 is 2.46 bits per heavy atom. The lowest BCUT2D eigenvalue weighted by atomic mass is 10.3. The number of carboxylic acids is 1. The molecule has 0 radical (unpaired) electrons. The van der Waals surface area contributed by atoms with Crippen LogP contribution < -0.4 is 0 Å². The number of ether oxygens (including phenoxy) is 1. The first kappa shape index (κ1) is 12.6. The largest absolute Gasteiger partial charge is 0.479 e. The summed E-state index contributed by atoms with van der Waals surface area (Å²) in [7, 11) is 0. The third-order valence-electron chi connectivity index (χ3n) is 1.82. The van der Waals surface area contributed by atoms with Gasteiger partial charge in [0.1, 0.15) is 0 Å². The van der Waals surface area contributed by atoms with Crippen molar-refractivity contribution in [3.63, 3.8) is 0 Å². The van der Waals surface area contributed by atoms with Crippen LogP contribution in [0.2, 0.25) is 0 Å². The van der Waals surface area contributed by atoms with Gasteiger partial charge in [-0.05, 0) is 0 Å². The molecule has 78 valence electrons. The Morgan fingerprint density at radius 1 is 1.46 bits per heavy atom. The summed E-state index contributed by atoms with van der Waals surface area (Å²) >= 11 is 0. The number of aliphatic hydroxyl groups excluding tert-OH is 1. The highest BCUT2D eigenvalue weighted by atomic mass is 35.5. The van der Waals surface area contributed by atoms with Gasteiger partial charge in [0.2, 0.25) is 0 Å². The molecule has 0 aromatic heterocycles. The van der Waals surface area contributed by atoms with Crippen molar-refractivity contribution < 1.29 is 19.7 Å². The maximum Gasteiger partial charge on any atom is 0.333 e. The summed E-state index contributed by atoms with van der Waals surface area (Å²) in [4.78, 5) is 12.1. The van der Waals surface area contributed by atoms with E-state index in [-0.39, 0.29) is 19.0 Å². The first-order valence-electron chi connectivity index (χ1n) is 3.91. The van der Waals surface area contributed by atoms with Crippen molar-refractivity contribution in [2.45, 2.75) is 6.10 Å². The van der Waals surface area contributed by atoms with Crippen molar-refractivity contribution in [1.29, 1.82) is 0 Å². The third kappa shape index (κ3) is 4.42. The summed E-state index contributed by atoms with van der Waals surface area (Å²) in [5, 5.41) is 17.4. The van der Waals surface area contributed by atoms with E-state index in [9.17, 15) is 4.79 Å². The van der Waals surface area contributed by atoms with E-state index in [2.05, 4.69) is 0 Å². The summed E-state index contributed by atoms with van der Waals surface area (Å²) < 4.78 is 5.07. The van der Waals surface area contributed by atoms with Crippen LogP contribution in [-0.4, -0.2) is 60.0 Å². The van der Waals surface area contributed by atoms with Gasteiger partial charge in [0.15, 0.2) is 6.10 Å². The van der Waals surface area contributed by atoms with Crippen LogP contribution in [0.5, 0.6) is 0 Å². The molecule has 0 saturated carbocycles. The van der Waals surface area contributed by atoms with Crippen molar-refractivity contribution >= 4 is 18.4 Å². The van der Waals surface area contributed by atoms with Gasteiger partial charge in [-0.15, -0.1) is 12.4 Å². The maximum absolute atomic E-state index is 10.3. The normalized spacial score (nSPS) is 20.4.